The Balaban J connectivity index is 1.83. The number of nitrogens with one attached hydrogen (secondary N) is 2. The van der Waals surface area contributed by atoms with E-state index in [0.717, 1.165) is 19.5 Å². The molecule has 0 spiro atoms. The van der Waals surface area contributed by atoms with Gasteiger partial charge < -0.3 is 5.32 Å². The highest BCUT2D eigenvalue weighted by atomic mass is 127. The quantitative estimate of drug-likeness (QED) is 0.662. The van der Waals surface area contributed by atoms with Crippen molar-refractivity contribution in [2.75, 3.05) is 0 Å². The molecule has 0 bridgehead atoms. The normalized spacial score (nSPS) is 12.5. The lowest BCUT2D eigenvalue weighted by Gasteiger charge is -2.12. The lowest BCUT2D eigenvalue weighted by Crippen LogP contribution is -2.26. The summed E-state index contributed by atoms with van der Waals surface area (Å²) in [6.07, 6.45) is 0. The van der Waals surface area contributed by atoms with Gasteiger partial charge in [0.2, 0.25) is 0 Å². The third kappa shape index (κ3) is 2.57. The third-order valence-electron chi connectivity index (χ3n) is 3.10. The molecule has 1 aromatic carbocycles. The Morgan fingerprint density at radius 2 is 2.30 bits per heavy atom. The standard InChI is InChI=1S/C14H12IN3OS/c1-8(12-3-2-6-20-12)16-14(19)9-4-5-11-10(7-9)13(15)18-17-11/h2-8H,1H3,(H,16,19)(H,17,18)/t8-/m1/s1. The molecule has 6 heteroatoms. The van der Waals surface area contributed by atoms with Crippen LogP contribution in [0.3, 0.4) is 0 Å². The van der Waals surface area contributed by atoms with Crippen LogP contribution < -0.4 is 5.32 Å². The van der Waals surface area contributed by atoms with Crippen LogP contribution in [0, 0.1) is 3.70 Å². The van der Waals surface area contributed by atoms with Crippen LogP contribution in [-0.2, 0) is 0 Å². The molecule has 20 heavy (non-hydrogen) atoms. The SMILES string of the molecule is C[C@@H](NC(=O)c1ccc2[nH]nc(I)c2c1)c1cccs1. The number of nitrogens with zero attached hydrogens (tertiary/aromatic N) is 1. The Labute approximate surface area is 133 Å². The van der Waals surface area contributed by atoms with E-state index in [1.165, 1.54) is 0 Å². The maximum atomic E-state index is 12.3. The van der Waals surface area contributed by atoms with Crippen LogP contribution in [0.25, 0.3) is 10.9 Å². The number of thiophene rings is 1. The van der Waals surface area contributed by atoms with E-state index in [4.69, 9.17) is 0 Å². The second-order valence-corrected chi connectivity index (χ2v) is 6.49. The van der Waals surface area contributed by atoms with Crippen molar-refractivity contribution in [2.45, 2.75) is 13.0 Å². The molecule has 0 fully saturated rings. The fourth-order valence-corrected chi connectivity index (χ4v) is 3.31. The highest BCUT2D eigenvalue weighted by molar-refractivity contribution is 14.1. The number of amides is 1. The minimum absolute atomic E-state index is 0.0154. The van der Waals surface area contributed by atoms with Gasteiger partial charge in [-0.15, -0.1) is 11.3 Å². The number of benzene rings is 1. The second kappa shape index (κ2) is 5.53. The summed E-state index contributed by atoms with van der Waals surface area (Å²) in [6.45, 7) is 1.99. The molecule has 4 nitrogen and oxygen atoms in total. The van der Waals surface area contributed by atoms with Crippen LogP contribution in [0.4, 0.5) is 0 Å². The smallest absolute Gasteiger partial charge is 0.251 e. The zero-order valence-corrected chi connectivity index (χ0v) is 13.7. The molecule has 0 radical (unpaired) electrons. The maximum absolute atomic E-state index is 12.3. The van der Waals surface area contributed by atoms with Gasteiger partial charge in [0.05, 0.1) is 11.6 Å². The van der Waals surface area contributed by atoms with Crippen molar-refractivity contribution in [3.05, 3.63) is 49.9 Å². The van der Waals surface area contributed by atoms with Crippen molar-refractivity contribution in [3.63, 3.8) is 0 Å². The van der Waals surface area contributed by atoms with Gasteiger partial charge in [-0.3, -0.25) is 9.89 Å². The van der Waals surface area contributed by atoms with Crippen molar-refractivity contribution in [3.8, 4) is 0 Å². The Kier molecular flexibility index (Phi) is 3.75. The minimum Gasteiger partial charge on any atom is -0.345 e. The maximum Gasteiger partial charge on any atom is 0.251 e. The zero-order valence-electron chi connectivity index (χ0n) is 10.7. The lowest BCUT2D eigenvalue weighted by atomic mass is 10.1. The number of hydrogen-bond acceptors (Lipinski definition) is 3. The number of carbonyl (C=O) groups excluding carboxylic acids is 1. The summed E-state index contributed by atoms with van der Waals surface area (Å²) in [4.78, 5) is 13.4. The number of fused-ring (bicyclic) bond motifs is 1. The molecule has 0 unspecified atom stereocenters. The molecule has 2 aromatic heterocycles. The van der Waals surface area contributed by atoms with E-state index in [0.29, 0.717) is 5.56 Å². The lowest BCUT2D eigenvalue weighted by molar-refractivity contribution is 0.0940. The number of aromatic amines is 1. The Bertz CT molecular complexity index is 751. The highest BCUT2D eigenvalue weighted by Gasteiger charge is 2.13. The Morgan fingerprint density at radius 3 is 3.05 bits per heavy atom. The molecule has 3 rings (SSSR count). The van der Waals surface area contributed by atoms with Crippen molar-refractivity contribution in [1.82, 2.24) is 15.5 Å². The summed E-state index contributed by atoms with van der Waals surface area (Å²) in [7, 11) is 0. The van der Waals surface area contributed by atoms with Gasteiger partial charge in [0.25, 0.3) is 5.91 Å². The predicted molar refractivity (Wildman–Crippen MR) is 89.0 cm³/mol. The van der Waals surface area contributed by atoms with Crippen LogP contribution in [-0.4, -0.2) is 16.1 Å². The molecule has 2 heterocycles. The van der Waals surface area contributed by atoms with Gasteiger partial charge in [-0.25, -0.2) is 0 Å². The fraction of sp³-hybridized carbons (Fsp3) is 0.143. The number of aromatic nitrogens is 2. The number of H-pyrrole nitrogens is 1. The van der Waals surface area contributed by atoms with Crippen LogP contribution in [0.5, 0.6) is 0 Å². The average Bonchev–Trinajstić information content (AvgIpc) is 3.09. The number of rotatable bonds is 3. The van der Waals surface area contributed by atoms with Crippen molar-refractivity contribution < 1.29 is 4.79 Å². The summed E-state index contributed by atoms with van der Waals surface area (Å²) in [5.41, 5.74) is 1.59. The summed E-state index contributed by atoms with van der Waals surface area (Å²) in [5.74, 6) is -0.0650. The minimum atomic E-state index is -0.0650. The molecule has 0 aliphatic rings. The summed E-state index contributed by atoms with van der Waals surface area (Å²) >= 11 is 3.80. The van der Waals surface area contributed by atoms with Gasteiger partial charge in [0.15, 0.2) is 0 Å². The van der Waals surface area contributed by atoms with E-state index in [2.05, 4.69) is 38.1 Å². The third-order valence-corrected chi connectivity index (χ3v) is 4.97. The van der Waals surface area contributed by atoms with E-state index in [1.54, 1.807) is 11.3 Å². The molecule has 3 aromatic rings. The van der Waals surface area contributed by atoms with Gasteiger partial charge >= 0.3 is 0 Å². The first-order valence-corrected chi connectivity index (χ1v) is 8.09. The summed E-state index contributed by atoms with van der Waals surface area (Å²) in [5, 5.41) is 13.1. The van der Waals surface area contributed by atoms with Crippen LogP contribution in [0.15, 0.2) is 35.7 Å². The zero-order chi connectivity index (χ0) is 14.1. The average molecular weight is 397 g/mol. The monoisotopic (exact) mass is 397 g/mol. The van der Waals surface area contributed by atoms with E-state index < -0.39 is 0 Å². The number of carbonyl (C=O) groups is 1. The Morgan fingerprint density at radius 1 is 1.45 bits per heavy atom. The first-order chi connectivity index (χ1) is 9.65. The molecule has 0 aliphatic heterocycles. The number of halogens is 1. The molecule has 1 amide bonds. The van der Waals surface area contributed by atoms with E-state index in [-0.39, 0.29) is 11.9 Å². The van der Waals surface area contributed by atoms with Gasteiger partial charge in [0.1, 0.15) is 3.70 Å². The van der Waals surface area contributed by atoms with Gasteiger partial charge in [-0.2, -0.15) is 5.10 Å². The molecule has 0 saturated heterocycles. The first kappa shape index (κ1) is 13.6. The van der Waals surface area contributed by atoms with E-state index >= 15 is 0 Å². The van der Waals surface area contributed by atoms with Crippen LogP contribution in [0.2, 0.25) is 0 Å². The fourth-order valence-electron chi connectivity index (χ4n) is 2.01. The van der Waals surface area contributed by atoms with Gasteiger partial charge in [-0.1, -0.05) is 6.07 Å². The highest BCUT2D eigenvalue weighted by Crippen LogP contribution is 2.21. The first-order valence-electron chi connectivity index (χ1n) is 6.13. The predicted octanol–water partition coefficient (Wildman–Crippen LogP) is 3.72. The van der Waals surface area contributed by atoms with Crippen LogP contribution in [0.1, 0.15) is 28.2 Å². The second-order valence-electron chi connectivity index (χ2n) is 4.49. The van der Waals surface area contributed by atoms with Crippen molar-refractivity contribution >= 4 is 50.7 Å². The van der Waals surface area contributed by atoms with Gasteiger partial charge in [-0.05, 0) is 59.2 Å². The molecular weight excluding hydrogens is 385 g/mol. The molecule has 0 aliphatic carbocycles. The molecule has 0 saturated carbocycles. The van der Waals surface area contributed by atoms with Crippen molar-refractivity contribution in [2.24, 2.45) is 0 Å². The van der Waals surface area contributed by atoms with Crippen molar-refractivity contribution in [1.29, 1.82) is 0 Å². The van der Waals surface area contributed by atoms with Crippen LogP contribution >= 0.6 is 33.9 Å². The Hall–Kier alpha value is -1.41. The van der Waals surface area contributed by atoms with Gasteiger partial charge in [0, 0.05) is 15.8 Å². The molecule has 102 valence electrons. The van der Waals surface area contributed by atoms with E-state index in [1.807, 2.05) is 42.6 Å². The molecule has 2 N–H and O–H groups in total. The molecular formula is C14H12IN3OS. The summed E-state index contributed by atoms with van der Waals surface area (Å²) in [6, 6.07) is 9.60. The summed E-state index contributed by atoms with van der Waals surface area (Å²) < 4.78 is 0.874. The molecule has 1 atom stereocenters. The topological polar surface area (TPSA) is 57.8 Å². The number of hydrogen-bond donors (Lipinski definition) is 2. The van der Waals surface area contributed by atoms with E-state index in [9.17, 15) is 4.79 Å². The largest absolute Gasteiger partial charge is 0.345 e.